The molecule has 1 aliphatic heterocycles. The van der Waals surface area contributed by atoms with Crippen LogP contribution in [0.4, 0.5) is 0 Å². The van der Waals surface area contributed by atoms with Gasteiger partial charge < -0.3 is 4.74 Å². The van der Waals surface area contributed by atoms with E-state index in [2.05, 4.69) is 6.92 Å². The number of Topliss-reactive ketones (excluding diaryl/α,β-unsaturated/α-hetero) is 1. The molecular formula is C15H20O2S. The van der Waals surface area contributed by atoms with E-state index in [0.29, 0.717) is 6.10 Å². The van der Waals surface area contributed by atoms with Gasteiger partial charge in [0.15, 0.2) is 5.78 Å². The van der Waals surface area contributed by atoms with Crippen molar-refractivity contribution in [1.82, 2.24) is 0 Å². The van der Waals surface area contributed by atoms with Gasteiger partial charge in [-0.3, -0.25) is 4.79 Å². The van der Waals surface area contributed by atoms with E-state index in [-0.39, 0.29) is 11.0 Å². The highest BCUT2D eigenvalue weighted by Gasteiger charge is 2.22. The van der Waals surface area contributed by atoms with Crippen molar-refractivity contribution in [2.24, 2.45) is 0 Å². The Kier molecular flexibility index (Phi) is 5.26. The zero-order valence-electron chi connectivity index (χ0n) is 10.8. The SMILES string of the molecule is CCC(SCC1CCCO1)C(=O)c1ccccc1. The van der Waals surface area contributed by atoms with Crippen molar-refractivity contribution in [1.29, 1.82) is 0 Å². The Balaban J connectivity index is 1.89. The molecule has 1 aliphatic rings. The molecule has 0 amide bonds. The third-order valence-corrected chi connectivity index (χ3v) is 4.74. The molecule has 1 saturated heterocycles. The molecule has 0 aliphatic carbocycles. The van der Waals surface area contributed by atoms with Crippen LogP contribution >= 0.6 is 11.8 Å². The molecule has 1 heterocycles. The van der Waals surface area contributed by atoms with Crippen molar-refractivity contribution in [2.45, 2.75) is 37.5 Å². The van der Waals surface area contributed by atoms with Crippen LogP contribution in [0.2, 0.25) is 0 Å². The Morgan fingerprint density at radius 3 is 2.83 bits per heavy atom. The molecule has 3 heteroatoms. The third-order valence-electron chi connectivity index (χ3n) is 3.23. The minimum absolute atomic E-state index is 0.0663. The number of hydrogen-bond acceptors (Lipinski definition) is 3. The molecule has 18 heavy (non-hydrogen) atoms. The normalized spacial score (nSPS) is 20.8. The third kappa shape index (κ3) is 3.59. The molecule has 0 bridgehead atoms. The number of carbonyl (C=O) groups is 1. The zero-order valence-corrected chi connectivity index (χ0v) is 11.6. The fourth-order valence-electron chi connectivity index (χ4n) is 2.17. The lowest BCUT2D eigenvalue weighted by molar-refractivity contribution is 0.0987. The second kappa shape index (κ2) is 6.95. The zero-order chi connectivity index (χ0) is 12.8. The van der Waals surface area contributed by atoms with Gasteiger partial charge in [-0.25, -0.2) is 0 Å². The summed E-state index contributed by atoms with van der Waals surface area (Å²) in [7, 11) is 0. The summed E-state index contributed by atoms with van der Waals surface area (Å²) in [5.74, 6) is 1.19. The quantitative estimate of drug-likeness (QED) is 0.735. The van der Waals surface area contributed by atoms with Crippen LogP contribution in [0.3, 0.4) is 0 Å². The molecule has 2 nitrogen and oxygen atoms in total. The Bertz CT molecular complexity index is 371. The molecule has 2 rings (SSSR count). The monoisotopic (exact) mass is 264 g/mol. The van der Waals surface area contributed by atoms with Gasteiger partial charge in [-0.2, -0.15) is 0 Å². The molecule has 1 fully saturated rings. The van der Waals surface area contributed by atoms with Crippen LogP contribution in [0.1, 0.15) is 36.5 Å². The van der Waals surface area contributed by atoms with Crippen LogP contribution in [-0.4, -0.2) is 29.5 Å². The number of rotatable bonds is 6. The van der Waals surface area contributed by atoms with Gasteiger partial charge in [-0.15, -0.1) is 11.8 Å². The molecule has 2 unspecified atom stereocenters. The summed E-state index contributed by atoms with van der Waals surface area (Å²) in [6.07, 6.45) is 3.54. The van der Waals surface area contributed by atoms with Crippen LogP contribution in [-0.2, 0) is 4.74 Å². The van der Waals surface area contributed by atoms with E-state index >= 15 is 0 Å². The Morgan fingerprint density at radius 2 is 2.22 bits per heavy atom. The first-order valence-electron chi connectivity index (χ1n) is 6.63. The van der Waals surface area contributed by atoms with Gasteiger partial charge >= 0.3 is 0 Å². The number of ketones is 1. The Hall–Kier alpha value is -0.800. The molecule has 2 atom stereocenters. The van der Waals surface area contributed by atoms with Gasteiger partial charge in [0.25, 0.3) is 0 Å². The van der Waals surface area contributed by atoms with Crippen LogP contribution in [0.5, 0.6) is 0 Å². The highest BCUT2D eigenvalue weighted by molar-refractivity contribution is 8.00. The molecule has 0 aromatic heterocycles. The topological polar surface area (TPSA) is 26.3 Å². The minimum atomic E-state index is 0.0663. The van der Waals surface area contributed by atoms with E-state index in [0.717, 1.165) is 37.2 Å². The average molecular weight is 264 g/mol. The summed E-state index contributed by atoms with van der Waals surface area (Å²) in [6.45, 7) is 2.96. The van der Waals surface area contributed by atoms with E-state index < -0.39 is 0 Å². The van der Waals surface area contributed by atoms with Gasteiger partial charge in [0.05, 0.1) is 11.4 Å². The van der Waals surface area contributed by atoms with Crippen LogP contribution in [0.15, 0.2) is 30.3 Å². The second-order valence-corrected chi connectivity index (χ2v) is 5.83. The van der Waals surface area contributed by atoms with E-state index in [1.54, 1.807) is 11.8 Å². The minimum Gasteiger partial charge on any atom is -0.377 e. The highest BCUT2D eigenvalue weighted by Crippen LogP contribution is 2.24. The predicted octanol–water partition coefficient (Wildman–Crippen LogP) is 3.56. The molecule has 98 valence electrons. The van der Waals surface area contributed by atoms with E-state index in [1.807, 2.05) is 30.3 Å². The maximum Gasteiger partial charge on any atom is 0.175 e. The van der Waals surface area contributed by atoms with Gasteiger partial charge in [-0.05, 0) is 19.3 Å². The number of ether oxygens (including phenoxy) is 1. The number of hydrogen-bond donors (Lipinski definition) is 0. The van der Waals surface area contributed by atoms with Crippen molar-refractivity contribution in [2.75, 3.05) is 12.4 Å². The average Bonchev–Trinajstić information content (AvgIpc) is 2.93. The molecule has 0 spiro atoms. The highest BCUT2D eigenvalue weighted by atomic mass is 32.2. The van der Waals surface area contributed by atoms with Gasteiger partial charge in [0, 0.05) is 17.9 Å². The summed E-state index contributed by atoms with van der Waals surface area (Å²) in [6, 6.07) is 9.59. The lowest BCUT2D eigenvalue weighted by atomic mass is 10.1. The number of thioether (sulfide) groups is 1. The fraction of sp³-hybridized carbons (Fsp3) is 0.533. The first-order chi connectivity index (χ1) is 8.81. The standard InChI is InChI=1S/C15H20O2S/c1-2-14(18-11-13-9-6-10-17-13)15(16)12-7-4-3-5-8-12/h3-5,7-8,13-14H,2,6,9-11H2,1H3. The lowest BCUT2D eigenvalue weighted by Crippen LogP contribution is -2.20. The van der Waals surface area contributed by atoms with Crippen LogP contribution < -0.4 is 0 Å². The maximum atomic E-state index is 12.3. The van der Waals surface area contributed by atoms with Crippen molar-refractivity contribution in [3.8, 4) is 0 Å². The summed E-state index contributed by atoms with van der Waals surface area (Å²) < 4.78 is 5.60. The van der Waals surface area contributed by atoms with E-state index in [4.69, 9.17) is 4.74 Å². The predicted molar refractivity (Wildman–Crippen MR) is 76.3 cm³/mol. The molecule has 0 saturated carbocycles. The lowest BCUT2D eigenvalue weighted by Gasteiger charge is -2.16. The Morgan fingerprint density at radius 1 is 1.44 bits per heavy atom. The van der Waals surface area contributed by atoms with Gasteiger partial charge in [0.1, 0.15) is 0 Å². The maximum absolute atomic E-state index is 12.3. The Labute approximate surface area is 113 Å². The number of benzene rings is 1. The van der Waals surface area contributed by atoms with E-state index in [1.165, 1.54) is 0 Å². The molecule has 0 radical (unpaired) electrons. The van der Waals surface area contributed by atoms with Crippen LogP contribution in [0, 0.1) is 0 Å². The van der Waals surface area contributed by atoms with Crippen molar-refractivity contribution < 1.29 is 9.53 Å². The van der Waals surface area contributed by atoms with Crippen molar-refractivity contribution >= 4 is 17.5 Å². The molecule has 1 aromatic rings. The summed E-state index contributed by atoms with van der Waals surface area (Å²) in [5.41, 5.74) is 0.823. The van der Waals surface area contributed by atoms with E-state index in [9.17, 15) is 4.79 Å². The summed E-state index contributed by atoms with van der Waals surface area (Å²) >= 11 is 1.75. The molecule has 1 aromatic carbocycles. The largest absolute Gasteiger partial charge is 0.377 e. The van der Waals surface area contributed by atoms with Gasteiger partial charge in [-0.1, -0.05) is 37.3 Å². The van der Waals surface area contributed by atoms with Crippen molar-refractivity contribution in [3.05, 3.63) is 35.9 Å². The van der Waals surface area contributed by atoms with Crippen molar-refractivity contribution in [3.63, 3.8) is 0 Å². The first kappa shape index (κ1) is 13.6. The molecule has 0 N–H and O–H groups in total. The fourth-order valence-corrected chi connectivity index (χ4v) is 3.40. The second-order valence-electron chi connectivity index (χ2n) is 4.60. The summed E-state index contributed by atoms with van der Waals surface area (Å²) in [5, 5.41) is 0.0663. The number of carbonyl (C=O) groups excluding carboxylic acids is 1. The smallest absolute Gasteiger partial charge is 0.175 e. The van der Waals surface area contributed by atoms with Crippen LogP contribution in [0.25, 0.3) is 0 Å². The first-order valence-corrected chi connectivity index (χ1v) is 7.68. The van der Waals surface area contributed by atoms with Gasteiger partial charge in [0.2, 0.25) is 0 Å². The summed E-state index contributed by atoms with van der Waals surface area (Å²) in [4.78, 5) is 12.3. The molecular weight excluding hydrogens is 244 g/mol.